The van der Waals surface area contributed by atoms with Crippen molar-refractivity contribution in [2.45, 2.75) is 0 Å². The number of imidazole rings is 2. The van der Waals surface area contributed by atoms with E-state index in [4.69, 9.17) is 9.97 Å². The average molecular weight is 567 g/mol. The second-order valence-electron chi connectivity index (χ2n) is 11.2. The molecule has 0 saturated heterocycles. The van der Waals surface area contributed by atoms with Gasteiger partial charge >= 0.3 is 0 Å². The van der Waals surface area contributed by atoms with Crippen LogP contribution in [0.3, 0.4) is 0 Å². The van der Waals surface area contributed by atoms with E-state index in [9.17, 15) is 9.59 Å². The SMILES string of the molecule is C=c1ccc(=C)c2nc3ccccc3n2c(=O)c2ccc(cc2)c2ccc3c4c(ccc1c24)c(=O)n1c2ccccc2nc31. The number of fused-ring (bicyclic) bond motifs is 10. The highest BCUT2D eigenvalue weighted by Crippen LogP contribution is 2.35. The topological polar surface area (TPSA) is 68.7 Å². The number of pyridine rings is 1. The number of aromatic nitrogens is 4. The van der Waals surface area contributed by atoms with Gasteiger partial charge in [0.05, 0.1) is 22.1 Å². The van der Waals surface area contributed by atoms with E-state index in [0.29, 0.717) is 32.8 Å². The summed E-state index contributed by atoms with van der Waals surface area (Å²) in [5.41, 5.74) is 3.79. The highest BCUT2D eigenvalue weighted by molar-refractivity contribution is 6.27. The molecule has 206 valence electrons. The lowest BCUT2D eigenvalue weighted by atomic mass is 9.94. The fraction of sp³-hybridized carbons (Fsp3) is 0. The molecule has 0 N–H and O–H groups in total. The van der Waals surface area contributed by atoms with E-state index < -0.39 is 0 Å². The molecule has 0 fully saturated rings. The number of nitrogens with zero attached hydrogens (tertiary/aromatic N) is 4. The zero-order valence-electron chi connectivity index (χ0n) is 23.4. The van der Waals surface area contributed by atoms with Gasteiger partial charge in [0.15, 0.2) is 0 Å². The average Bonchev–Trinajstić information content (AvgIpc) is 3.64. The van der Waals surface area contributed by atoms with Gasteiger partial charge in [-0.15, -0.1) is 0 Å². The van der Waals surface area contributed by atoms with Crippen molar-refractivity contribution >= 4 is 89.6 Å². The summed E-state index contributed by atoms with van der Waals surface area (Å²) in [6.07, 6.45) is 0. The van der Waals surface area contributed by atoms with Gasteiger partial charge in [-0.1, -0.05) is 73.8 Å². The van der Waals surface area contributed by atoms with Crippen LogP contribution in [0.25, 0.3) is 89.6 Å². The van der Waals surface area contributed by atoms with Gasteiger partial charge in [-0.05, 0) is 75.3 Å². The molecule has 0 unspecified atom stereocenters. The van der Waals surface area contributed by atoms with Crippen LogP contribution in [0.4, 0.5) is 0 Å². The molecule has 5 heterocycles. The molecule has 0 spiro atoms. The highest BCUT2D eigenvalue weighted by Gasteiger charge is 2.18. The van der Waals surface area contributed by atoms with E-state index in [1.807, 2.05) is 103 Å². The number of para-hydroxylation sites is 4. The second-order valence-corrected chi connectivity index (χ2v) is 11.2. The van der Waals surface area contributed by atoms with E-state index >= 15 is 0 Å². The molecule has 0 aliphatic rings. The van der Waals surface area contributed by atoms with Crippen LogP contribution in [0.2, 0.25) is 0 Å². The molecule has 0 radical (unpaired) electrons. The number of rotatable bonds is 0. The molecule has 6 nitrogen and oxygen atoms in total. The van der Waals surface area contributed by atoms with E-state index in [2.05, 4.69) is 19.2 Å². The molecule has 10 rings (SSSR count). The number of benzene rings is 5. The Hall–Kier alpha value is -6.14. The van der Waals surface area contributed by atoms with Gasteiger partial charge in [0.25, 0.3) is 11.1 Å². The van der Waals surface area contributed by atoms with E-state index in [1.54, 1.807) is 8.80 Å². The van der Waals surface area contributed by atoms with Crippen LogP contribution in [-0.2, 0) is 0 Å². The summed E-state index contributed by atoms with van der Waals surface area (Å²) in [7, 11) is 0. The third kappa shape index (κ3) is 3.19. The first kappa shape index (κ1) is 24.5. The summed E-state index contributed by atoms with van der Waals surface area (Å²) < 4.78 is 3.34. The predicted octanol–water partition coefficient (Wildman–Crippen LogP) is 6.00. The van der Waals surface area contributed by atoms with E-state index in [1.165, 1.54) is 0 Å². The van der Waals surface area contributed by atoms with Crippen molar-refractivity contribution in [3.8, 4) is 0 Å². The van der Waals surface area contributed by atoms with Gasteiger partial charge in [0.1, 0.15) is 11.3 Å². The van der Waals surface area contributed by atoms with Crippen LogP contribution in [-0.4, -0.2) is 18.8 Å². The summed E-state index contributed by atoms with van der Waals surface area (Å²) in [5, 5.41) is 7.87. The molecule has 2 bridgehead atoms. The van der Waals surface area contributed by atoms with Gasteiger partial charge in [-0.2, -0.15) is 0 Å². The minimum absolute atomic E-state index is 0.112. The first-order chi connectivity index (χ1) is 21.5. The molecule has 6 heteroatoms. The van der Waals surface area contributed by atoms with E-state index in [0.717, 1.165) is 54.1 Å². The minimum atomic E-state index is -0.187. The third-order valence-corrected chi connectivity index (χ3v) is 8.72. The first-order valence-electron chi connectivity index (χ1n) is 14.3. The Bertz CT molecular complexity index is 3010. The maximum absolute atomic E-state index is 14.1. The lowest BCUT2D eigenvalue weighted by molar-refractivity contribution is 1.18. The van der Waals surface area contributed by atoms with Crippen LogP contribution in [0, 0.1) is 0 Å². The zero-order valence-corrected chi connectivity index (χ0v) is 23.4. The molecule has 44 heavy (non-hydrogen) atoms. The van der Waals surface area contributed by atoms with Crippen LogP contribution in [0.1, 0.15) is 0 Å². The van der Waals surface area contributed by atoms with Gasteiger partial charge < -0.3 is 0 Å². The molecule has 5 aromatic carbocycles. The lowest BCUT2D eigenvalue weighted by Crippen LogP contribution is -2.14. The van der Waals surface area contributed by atoms with Crippen molar-refractivity contribution in [1.82, 2.24) is 18.8 Å². The van der Waals surface area contributed by atoms with Gasteiger partial charge in [-0.25, -0.2) is 9.97 Å². The summed E-state index contributed by atoms with van der Waals surface area (Å²) >= 11 is 0. The van der Waals surface area contributed by atoms with Crippen molar-refractivity contribution in [3.05, 3.63) is 140 Å². The zero-order chi connectivity index (χ0) is 29.7. The molecule has 0 aliphatic heterocycles. The quantitative estimate of drug-likeness (QED) is 0.226. The summed E-state index contributed by atoms with van der Waals surface area (Å²) in [6, 6.07) is 34.6. The summed E-state index contributed by atoms with van der Waals surface area (Å²) in [6.45, 7) is 8.72. The fourth-order valence-corrected chi connectivity index (χ4v) is 6.63. The molecule has 0 atom stereocenters. The summed E-state index contributed by atoms with van der Waals surface area (Å²) in [5.74, 6) is 0. The summed E-state index contributed by atoms with van der Waals surface area (Å²) in [4.78, 5) is 37.7. The Morgan fingerprint density at radius 3 is 1.70 bits per heavy atom. The molecule has 0 amide bonds. The Labute approximate surface area is 248 Å². The molecular formula is C38H22N4O2. The molecular weight excluding hydrogens is 544 g/mol. The smallest absolute Gasteiger partial charge is 0.264 e. The molecule has 10 aromatic rings. The van der Waals surface area contributed by atoms with Crippen LogP contribution in [0.5, 0.6) is 0 Å². The minimum Gasteiger partial charge on any atom is -0.268 e. The Morgan fingerprint density at radius 1 is 0.455 bits per heavy atom. The normalized spacial score (nSPS) is 12.0. The van der Waals surface area contributed by atoms with Crippen LogP contribution < -0.4 is 21.6 Å². The van der Waals surface area contributed by atoms with Gasteiger partial charge in [0, 0.05) is 26.8 Å². The maximum Gasteiger partial charge on any atom is 0.264 e. The first-order valence-corrected chi connectivity index (χ1v) is 14.3. The molecule has 0 saturated carbocycles. The van der Waals surface area contributed by atoms with Crippen molar-refractivity contribution < 1.29 is 0 Å². The van der Waals surface area contributed by atoms with Crippen molar-refractivity contribution in [1.29, 1.82) is 0 Å². The Morgan fingerprint density at radius 2 is 0.977 bits per heavy atom. The van der Waals surface area contributed by atoms with Crippen LogP contribution >= 0.6 is 0 Å². The fourth-order valence-electron chi connectivity index (χ4n) is 6.63. The molecule has 5 aromatic heterocycles. The second kappa shape index (κ2) is 8.69. The largest absolute Gasteiger partial charge is 0.268 e. The van der Waals surface area contributed by atoms with Crippen molar-refractivity contribution in [3.63, 3.8) is 0 Å². The van der Waals surface area contributed by atoms with Crippen molar-refractivity contribution in [2.75, 3.05) is 0 Å². The van der Waals surface area contributed by atoms with E-state index in [-0.39, 0.29) is 11.1 Å². The van der Waals surface area contributed by atoms with Gasteiger partial charge in [-0.3, -0.25) is 18.4 Å². The lowest BCUT2D eigenvalue weighted by Gasteiger charge is -2.11. The van der Waals surface area contributed by atoms with Crippen molar-refractivity contribution in [2.24, 2.45) is 0 Å². The standard InChI is InChI=1S/C38H22N4O2/c1-21-11-12-22(2)35-39-29-7-3-5-9-31(29)41(35)37(43)24-15-13-23(14-16-24)26-18-19-27-34-28(20-17-25(21)33(26)34)38(44)42-32-10-6-4-8-30(32)40-36(27)42/h3-20H,1-2H2. The predicted molar refractivity (Wildman–Crippen MR) is 181 cm³/mol. The Balaban J connectivity index is 1.55. The highest BCUT2D eigenvalue weighted by atomic mass is 16.1. The monoisotopic (exact) mass is 566 g/mol. The number of hydrogen-bond donors (Lipinski definition) is 0. The molecule has 0 aliphatic carbocycles. The Kier molecular flexibility index (Phi) is 4.83. The number of hydrogen-bond acceptors (Lipinski definition) is 4. The maximum atomic E-state index is 14.1. The third-order valence-electron chi connectivity index (χ3n) is 8.72. The van der Waals surface area contributed by atoms with Crippen LogP contribution in [0.15, 0.2) is 119 Å². The van der Waals surface area contributed by atoms with Gasteiger partial charge in [0.2, 0.25) is 0 Å².